The van der Waals surface area contributed by atoms with E-state index in [4.69, 9.17) is 4.74 Å². The molecule has 0 saturated carbocycles. The van der Waals surface area contributed by atoms with E-state index in [1.807, 2.05) is 54.6 Å². The summed E-state index contributed by atoms with van der Waals surface area (Å²) in [6.45, 7) is 6.91. The molecule has 0 aliphatic rings. The molecule has 0 aliphatic carbocycles. The number of carbonyl (C=O) groups is 2. The molecule has 1 N–H and O–H groups in total. The van der Waals surface area contributed by atoms with Gasteiger partial charge in [-0.05, 0) is 47.2 Å². The maximum absolute atomic E-state index is 13.0. The average Bonchev–Trinajstić information content (AvgIpc) is 2.83. The Bertz CT molecular complexity index is 1080. The Kier molecular flexibility index (Phi) is 7.88. The van der Waals surface area contributed by atoms with Crippen LogP contribution in [0.1, 0.15) is 48.7 Å². The Hall–Kier alpha value is -3.60. The van der Waals surface area contributed by atoms with Gasteiger partial charge in [-0.2, -0.15) is 0 Å². The highest BCUT2D eigenvalue weighted by Crippen LogP contribution is 2.28. The summed E-state index contributed by atoms with van der Waals surface area (Å²) in [5, 5.41) is 2.81. The lowest BCUT2D eigenvalue weighted by molar-refractivity contribution is -0.118. The van der Waals surface area contributed by atoms with E-state index in [1.54, 1.807) is 36.2 Å². The molecule has 0 bridgehead atoms. The molecule has 0 atom stereocenters. The number of para-hydroxylation sites is 1. The molecule has 0 saturated heterocycles. The molecule has 172 valence electrons. The number of carbonyl (C=O) groups excluding carboxylic acids is 2. The Balaban J connectivity index is 1.61. The van der Waals surface area contributed by atoms with Gasteiger partial charge in [0.25, 0.3) is 11.8 Å². The summed E-state index contributed by atoms with van der Waals surface area (Å²) in [5.41, 5.74) is 3.27. The summed E-state index contributed by atoms with van der Waals surface area (Å²) in [5.74, 6) is 0.150. The predicted molar refractivity (Wildman–Crippen MR) is 133 cm³/mol. The van der Waals surface area contributed by atoms with Gasteiger partial charge in [0.1, 0.15) is 5.75 Å². The van der Waals surface area contributed by atoms with Crippen LogP contribution in [0.15, 0.2) is 78.9 Å². The molecule has 0 radical (unpaired) electrons. The first-order chi connectivity index (χ1) is 15.8. The zero-order valence-electron chi connectivity index (χ0n) is 19.8. The van der Waals surface area contributed by atoms with Gasteiger partial charge in [0, 0.05) is 13.6 Å². The Labute approximate surface area is 196 Å². The van der Waals surface area contributed by atoms with Crippen LogP contribution in [-0.2, 0) is 16.8 Å². The highest BCUT2D eigenvalue weighted by atomic mass is 16.5. The molecule has 0 spiro atoms. The summed E-state index contributed by atoms with van der Waals surface area (Å²) in [4.78, 5) is 27.2. The van der Waals surface area contributed by atoms with E-state index in [-0.39, 0.29) is 23.8 Å². The van der Waals surface area contributed by atoms with Crippen LogP contribution < -0.4 is 10.1 Å². The largest absolute Gasteiger partial charge is 0.484 e. The number of amides is 2. The lowest BCUT2D eigenvalue weighted by Crippen LogP contribution is -2.28. The van der Waals surface area contributed by atoms with Crippen molar-refractivity contribution in [2.75, 3.05) is 19.0 Å². The molecule has 0 heterocycles. The summed E-state index contributed by atoms with van der Waals surface area (Å²) < 4.78 is 5.66. The molecule has 0 unspecified atom stereocenters. The monoisotopic (exact) mass is 444 g/mol. The second-order valence-corrected chi connectivity index (χ2v) is 8.79. The fraction of sp³-hybridized carbons (Fsp3) is 0.286. The third-order valence-corrected chi connectivity index (χ3v) is 5.93. The molecule has 0 fully saturated rings. The van der Waals surface area contributed by atoms with Gasteiger partial charge in [0.2, 0.25) is 0 Å². The maximum Gasteiger partial charge on any atom is 0.262 e. The zero-order valence-corrected chi connectivity index (χ0v) is 19.8. The molecule has 2 amide bonds. The fourth-order valence-electron chi connectivity index (χ4n) is 3.45. The quantitative estimate of drug-likeness (QED) is 0.463. The van der Waals surface area contributed by atoms with Crippen LogP contribution in [0.2, 0.25) is 0 Å². The van der Waals surface area contributed by atoms with Crippen molar-refractivity contribution in [3.8, 4) is 5.75 Å². The van der Waals surface area contributed by atoms with Crippen LogP contribution in [0, 0.1) is 0 Å². The van der Waals surface area contributed by atoms with Crippen molar-refractivity contribution in [3.05, 3.63) is 95.6 Å². The first-order valence-corrected chi connectivity index (χ1v) is 11.2. The molecule has 3 rings (SSSR count). The van der Waals surface area contributed by atoms with Gasteiger partial charge in [-0.1, -0.05) is 75.4 Å². The number of nitrogens with one attached hydrogen (secondary N) is 1. The van der Waals surface area contributed by atoms with Crippen molar-refractivity contribution in [2.45, 2.75) is 39.2 Å². The van der Waals surface area contributed by atoms with Crippen molar-refractivity contribution in [1.82, 2.24) is 4.90 Å². The number of hydrogen-bond acceptors (Lipinski definition) is 3. The number of anilines is 1. The van der Waals surface area contributed by atoms with E-state index >= 15 is 0 Å². The van der Waals surface area contributed by atoms with Gasteiger partial charge in [-0.25, -0.2) is 0 Å². The standard InChI is InChI=1S/C28H32N2O3/c1-5-28(2,3)22-15-17-23(18-16-22)33-20-26(31)29-25-14-10-9-13-24(25)27(32)30(4)19-21-11-7-6-8-12-21/h6-18H,5,19-20H2,1-4H3,(H,29,31). The Morgan fingerprint density at radius 1 is 0.909 bits per heavy atom. The van der Waals surface area contributed by atoms with Crippen LogP contribution >= 0.6 is 0 Å². The second kappa shape index (κ2) is 10.8. The molecule has 0 aliphatic heterocycles. The van der Waals surface area contributed by atoms with E-state index in [1.165, 1.54) is 5.56 Å². The summed E-state index contributed by atoms with van der Waals surface area (Å²) in [6.07, 6.45) is 1.04. The predicted octanol–water partition coefficient (Wildman–Crippen LogP) is 5.66. The van der Waals surface area contributed by atoms with Crippen LogP contribution in [0.3, 0.4) is 0 Å². The molecule has 3 aromatic rings. The molecular weight excluding hydrogens is 412 g/mol. The SMILES string of the molecule is CCC(C)(C)c1ccc(OCC(=O)Nc2ccccc2C(=O)N(C)Cc2ccccc2)cc1. The lowest BCUT2D eigenvalue weighted by atomic mass is 9.82. The van der Waals surface area contributed by atoms with E-state index in [9.17, 15) is 9.59 Å². The van der Waals surface area contributed by atoms with Gasteiger partial charge < -0.3 is 15.0 Å². The van der Waals surface area contributed by atoms with Crippen LogP contribution in [0.5, 0.6) is 5.75 Å². The normalized spacial score (nSPS) is 11.0. The van der Waals surface area contributed by atoms with Gasteiger partial charge in [-0.3, -0.25) is 9.59 Å². The fourth-order valence-corrected chi connectivity index (χ4v) is 3.45. The Morgan fingerprint density at radius 3 is 2.21 bits per heavy atom. The number of nitrogens with zero attached hydrogens (tertiary/aromatic N) is 1. The van der Waals surface area contributed by atoms with Crippen molar-refractivity contribution in [3.63, 3.8) is 0 Å². The van der Waals surface area contributed by atoms with E-state index < -0.39 is 0 Å². The number of benzene rings is 3. The summed E-state index contributed by atoms with van der Waals surface area (Å²) >= 11 is 0. The van der Waals surface area contributed by atoms with Gasteiger partial charge in [0.05, 0.1) is 11.3 Å². The third-order valence-electron chi connectivity index (χ3n) is 5.93. The first kappa shape index (κ1) is 24.1. The zero-order chi connectivity index (χ0) is 23.8. The molecular formula is C28H32N2O3. The molecule has 33 heavy (non-hydrogen) atoms. The number of ether oxygens (including phenoxy) is 1. The third kappa shape index (κ3) is 6.45. The number of hydrogen-bond donors (Lipinski definition) is 1. The van der Waals surface area contributed by atoms with E-state index in [0.717, 1.165) is 12.0 Å². The minimum Gasteiger partial charge on any atom is -0.484 e. The molecule has 0 aromatic heterocycles. The number of rotatable bonds is 9. The lowest BCUT2D eigenvalue weighted by Gasteiger charge is -2.23. The molecule has 5 nitrogen and oxygen atoms in total. The summed E-state index contributed by atoms with van der Waals surface area (Å²) in [6, 6.07) is 24.6. The minimum atomic E-state index is -0.320. The van der Waals surface area contributed by atoms with Crippen LogP contribution in [0.4, 0.5) is 5.69 Å². The van der Waals surface area contributed by atoms with Gasteiger partial charge in [-0.15, -0.1) is 0 Å². The van der Waals surface area contributed by atoms with Gasteiger partial charge >= 0.3 is 0 Å². The highest BCUT2D eigenvalue weighted by molar-refractivity contribution is 6.03. The maximum atomic E-state index is 13.0. The summed E-state index contributed by atoms with van der Waals surface area (Å²) in [7, 11) is 1.75. The van der Waals surface area contributed by atoms with E-state index in [2.05, 4.69) is 26.1 Å². The van der Waals surface area contributed by atoms with Crippen LogP contribution in [0.25, 0.3) is 0 Å². The van der Waals surface area contributed by atoms with Crippen molar-refractivity contribution in [2.24, 2.45) is 0 Å². The minimum absolute atomic E-state index is 0.0970. The second-order valence-electron chi connectivity index (χ2n) is 8.79. The van der Waals surface area contributed by atoms with Crippen molar-refractivity contribution >= 4 is 17.5 Å². The Morgan fingerprint density at radius 2 is 1.55 bits per heavy atom. The van der Waals surface area contributed by atoms with Gasteiger partial charge in [0.15, 0.2) is 6.61 Å². The average molecular weight is 445 g/mol. The highest BCUT2D eigenvalue weighted by Gasteiger charge is 2.19. The van der Waals surface area contributed by atoms with Crippen molar-refractivity contribution < 1.29 is 14.3 Å². The van der Waals surface area contributed by atoms with Crippen molar-refractivity contribution in [1.29, 1.82) is 0 Å². The van der Waals surface area contributed by atoms with E-state index in [0.29, 0.717) is 23.5 Å². The topological polar surface area (TPSA) is 58.6 Å². The molecule has 5 heteroatoms. The molecule has 3 aromatic carbocycles. The first-order valence-electron chi connectivity index (χ1n) is 11.2. The smallest absolute Gasteiger partial charge is 0.262 e. The van der Waals surface area contributed by atoms with Crippen LogP contribution in [-0.4, -0.2) is 30.4 Å².